The van der Waals surface area contributed by atoms with Crippen molar-refractivity contribution in [3.63, 3.8) is 0 Å². The van der Waals surface area contributed by atoms with Crippen molar-refractivity contribution in [3.8, 4) is 5.75 Å². The maximum atomic E-state index is 13.4. The maximum Gasteiger partial charge on any atom is 0.322 e. The molecule has 162 valence electrons. The zero-order chi connectivity index (χ0) is 22.0. The van der Waals surface area contributed by atoms with Gasteiger partial charge in [-0.2, -0.15) is 0 Å². The van der Waals surface area contributed by atoms with Crippen molar-refractivity contribution >= 4 is 23.1 Å². The number of rotatable bonds is 5. The van der Waals surface area contributed by atoms with Crippen LogP contribution in [0.4, 0.5) is 10.5 Å². The lowest BCUT2D eigenvalue weighted by Gasteiger charge is -2.36. The van der Waals surface area contributed by atoms with Crippen LogP contribution in [0.3, 0.4) is 0 Å². The number of hydrogen-bond acceptors (Lipinski definition) is 3. The van der Waals surface area contributed by atoms with E-state index in [1.165, 1.54) is 26.4 Å². The van der Waals surface area contributed by atoms with E-state index in [2.05, 4.69) is 50.4 Å². The molecular weight excluding hydrogens is 404 g/mol. The molecule has 0 saturated heterocycles. The molecule has 1 atom stereocenters. The van der Waals surface area contributed by atoms with Crippen LogP contribution in [0, 0.1) is 6.92 Å². The summed E-state index contributed by atoms with van der Waals surface area (Å²) in [5, 5.41) is 3.12. The van der Waals surface area contributed by atoms with Gasteiger partial charge in [0.05, 0.1) is 13.2 Å². The minimum atomic E-state index is -0.0893. The highest BCUT2D eigenvalue weighted by Crippen LogP contribution is 2.43. The average Bonchev–Trinajstić information content (AvgIpc) is 3.13. The van der Waals surface area contributed by atoms with Gasteiger partial charge in [-0.1, -0.05) is 38.1 Å². The largest absolute Gasteiger partial charge is 0.497 e. The van der Waals surface area contributed by atoms with Gasteiger partial charge in [-0.25, -0.2) is 4.79 Å². The number of anilines is 1. The highest BCUT2D eigenvalue weighted by molar-refractivity contribution is 7.12. The first kappa shape index (κ1) is 21.4. The van der Waals surface area contributed by atoms with Gasteiger partial charge < -0.3 is 15.0 Å². The number of nitrogens with one attached hydrogen (secondary N) is 1. The number of hydrogen-bond donors (Lipinski definition) is 1. The summed E-state index contributed by atoms with van der Waals surface area (Å²) in [6.07, 6.45) is 2.92. The van der Waals surface area contributed by atoms with Crippen molar-refractivity contribution < 1.29 is 9.53 Å². The first-order chi connectivity index (χ1) is 15.0. The second-order valence-electron chi connectivity index (χ2n) is 7.93. The Balaban J connectivity index is 1.69. The number of methoxy groups -OCH3 is 1. The molecule has 1 N–H and O–H groups in total. The fraction of sp³-hybridized carbons (Fsp3) is 0.346. The predicted molar refractivity (Wildman–Crippen MR) is 129 cm³/mol. The van der Waals surface area contributed by atoms with Crippen molar-refractivity contribution in [2.45, 2.75) is 46.1 Å². The zero-order valence-corrected chi connectivity index (χ0v) is 19.5. The predicted octanol–water partition coefficient (Wildman–Crippen LogP) is 6.37. The molecule has 0 radical (unpaired) electrons. The molecule has 4 rings (SSSR count). The summed E-state index contributed by atoms with van der Waals surface area (Å²) in [6, 6.07) is 16.1. The summed E-state index contributed by atoms with van der Waals surface area (Å²) in [7, 11) is 1.67. The first-order valence-electron chi connectivity index (χ1n) is 11.0. The summed E-state index contributed by atoms with van der Waals surface area (Å²) in [4.78, 5) is 18.0. The maximum absolute atomic E-state index is 13.4. The highest BCUT2D eigenvalue weighted by atomic mass is 32.1. The number of carbonyl (C=O) groups is 1. The van der Waals surface area contributed by atoms with E-state index in [-0.39, 0.29) is 12.1 Å². The van der Waals surface area contributed by atoms with Crippen LogP contribution >= 0.6 is 11.3 Å². The van der Waals surface area contributed by atoms with Crippen molar-refractivity contribution in [3.05, 3.63) is 80.5 Å². The fourth-order valence-electron chi connectivity index (χ4n) is 4.46. The van der Waals surface area contributed by atoms with Crippen LogP contribution in [0.5, 0.6) is 5.75 Å². The van der Waals surface area contributed by atoms with E-state index < -0.39 is 0 Å². The monoisotopic (exact) mass is 434 g/mol. The van der Waals surface area contributed by atoms with Gasteiger partial charge in [0.15, 0.2) is 0 Å². The third kappa shape index (κ3) is 4.19. The van der Waals surface area contributed by atoms with Gasteiger partial charge in [-0.05, 0) is 72.7 Å². The lowest BCUT2D eigenvalue weighted by atomic mass is 9.92. The van der Waals surface area contributed by atoms with Crippen LogP contribution < -0.4 is 10.1 Å². The van der Waals surface area contributed by atoms with Gasteiger partial charge in [-0.15, -0.1) is 11.3 Å². The van der Waals surface area contributed by atoms with Crippen molar-refractivity contribution in [1.82, 2.24) is 4.90 Å². The van der Waals surface area contributed by atoms with Gasteiger partial charge in [0, 0.05) is 22.0 Å². The number of nitrogens with zero attached hydrogens (tertiary/aromatic N) is 1. The Morgan fingerprint density at radius 1 is 1.10 bits per heavy atom. The average molecular weight is 435 g/mol. The molecule has 0 spiro atoms. The standard InChI is InChI=1S/C26H30N2O2S/c1-5-18-7-11-20(12-8-18)27-26(29)28-16-15-23-22(6-2)17(3)31-25(23)24(28)19-9-13-21(30-4)14-10-19/h7-14,24H,5-6,15-16H2,1-4H3,(H,27,29)/t24-/m0/s1. The molecule has 4 nitrogen and oxygen atoms in total. The molecule has 0 fully saturated rings. The van der Waals surface area contributed by atoms with Gasteiger partial charge >= 0.3 is 6.03 Å². The minimum Gasteiger partial charge on any atom is -0.497 e. The third-order valence-electron chi connectivity index (χ3n) is 6.17. The van der Waals surface area contributed by atoms with Crippen LogP contribution in [0.25, 0.3) is 0 Å². The van der Waals surface area contributed by atoms with E-state index in [9.17, 15) is 4.79 Å². The summed E-state index contributed by atoms with van der Waals surface area (Å²) in [5.41, 5.74) is 6.09. The molecule has 0 bridgehead atoms. The highest BCUT2D eigenvalue weighted by Gasteiger charge is 2.35. The van der Waals surface area contributed by atoms with E-state index >= 15 is 0 Å². The Labute approximate surface area is 188 Å². The third-order valence-corrected chi connectivity index (χ3v) is 7.41. The summed E-state index contributed by atoms with van der Waals surface area (Å²) in [5.74, 6) is 0.823. The Hall–Kier alpha value is -2.79. The number of carbonyl (C=O) groups excluding carboxylic acids is 1. The molecule has 1 aromatic heterocycles. The number of fused-ring (bicyclic) bond motifs is 1. The molecule has 0 unspecified atom stereocenters. The van der Waals surface area contributed by atoms with Crippen LogP contribution in [0.2, 0.25) is 0 Å². The van der Waals surface area contributed by atoms with Crippen LogP contribution in [-0.4, -0.2) is 24.6 Å². The van der Waals surface area contributed by atoms with Gasteiger partial charge in [0.25, 0.3) is 0 Å². The number of benzene rings is 2. The van der Waals surface area contributed by atoms with Gasteiger partial charge in [0.1, 0.15) is 5.75 Å². The number of aryl methyl sites for hydroxylation is 2. The Morgan fingerprint density at radius 3 is 2.42 bits per heavy atom. The number of thiophene rings is 1. The molecule has 2 amide bonds. The zero-order valence-electron chi connectivity index (χ0n) is 18.7. The van der Waals surface area contributed by atoms with Gasteiger partial charge in [-0.3, -0.25) is 0 Å². The van der Waals surface area contributed by atoms with E-state index in [0.717, 1.165) is 36.3 Å². The van der Waals surface area contributed by atoms with Crippen molar-refractivity contribution in [2.24, 2.45) is 0 Å². The van der Waals surface area contributed by atoms with E-state index in [4.69, 9.17) is 4.74 Å². The SMILES string of the molecule is CCc1ccc(NC(=O)N2CCc3c(sc(C)c3CC)[C@@H]2c2ccc(OC)cc2)cc1. The van der Waals surface area contributed by atoms with E-state index in [0.29, 0.717) is 6.54 Å². The van der Waals surface area contributed by atoms with Gasteiger partial charge in [0.2, 0.25) is 0 Å². The second-order valence-corrected chi connectivity index (χ2v) is 9.19. The molecule has 3 aromatic rings. The molecule has 0 saturated carbocycles. The van der Waals surface area contributed by atoms with Crippen LogP contribution in [-0.2, 0) is 19.3 Å². The summed E-state index contributed by atoms with van der Waals surface area (Å²) < 4.78 is 5.35. The molecule has 31 heavy (non-hydrogen) atoms. The summed E-state index contributed by atoms with van der Waals surface area (Å²) >= 11 is 1.83. The smallest absolute Gasteiger partial charge is 0.322 e. The number of urea groups is 1. The second kappa shape index (κ2) is 9.15. The van der Waals surface area contributed by atoms with E-state index in [1.54, 1.807) is 7.11 Å². The fourth-order valence-corrected chi connectivity index (χ4v) is 5.91. The lowest BCUT2D eigenvalue weighted by molar-refractivity contribution is 0.195. The first-order valence-corrected chi connectivity index (χ1v) is 11.8. The Kier molecular flexibility index (Phi) is 6.33. The van der Waals surface area contributed by atoms with Crippen molar-refractivity contribution in [2.75, 3.05) is 19.0 Å². The molecule has 5 heteroatoms. The molecule has 1 aliphatic rings. The molecule has 2 aromatic carbocycles. The Morgan fingerprint density at radius 2 is 1.81 bits per heavy atom. The minimum absolute atomic E-state index is 0.0557. The number of ether oxygens (including phenoxy) is 1. The van der Waals surface area contributed by atoms with E-state index in [1.807, 2.05) is 40.5 Å². The lowest BCUT2D eigenvalue weighted by Crippen LogP contribution is -2.42. The Bertz CT molecular complexity index is 1050. The molecular formula is C26H30N2O2S. The molecule has 1 aliphatic heterocycles. The quantitative estimate of drug-likeness (QED) is 0.507. The van der Waals surface area contributed by atoms with Crippen LogP contribution in [0.1, 0.15) is 51.9 Å². The topological polar surface area (TPSA) is 41.6 Å². The van der Waals surface area contributed by atoms with Crippen LogP contribution in [0.15, 0.2) is 48.5 Å². The summed E-state index contributed by atoms with van der Waals surface area (Å²) in [6.45, 7) is 7.25. The molecule has 2 heterocycles. The van der Waals surface area contributed by atoms with Crippen molar-refractivity contribution in [1.29, 1.82) is 0 Å². The number of amides is 2. The molecule has 0 aliphatic carbocycles. The normalized spacial score (nSPS) is 15.5.